The number of rotatable bonds is 2. The number of aromatic nitrogens is 2. The van der Waals surface area contributed by atoms with E-state index in [0.29, 0.717) is 25.3 Å². The van der Waals surface area contributed by atoms with Crippen molar-refractivity contribution in [3.05, 3.63) is 12.4 Å². The third-order valence-corrected chi connectivity index (χ3v) is 2.63. The number of anilines is 2. The van der Waals surface area contributed by atoms with Crippen LogP contribution in [0.2, 0.25) is 0 Å². The molecule has 0 bridgehead atoms. The van der Waals surface area contributed by atoms with Gasteiger partial charge in [0, 0.05) is 25.2 Å². The van der Waals surface area contributed by atoms with E-state index in [9.17, 15) is 5.11 Å². The number of nitrogen functional groups attached to an aromatic ring is 1. The molecule has 0 aliphatic carbocycles. The van der Waals surface area contributed by atoms with Gasteiger partial charge < -0.3 is 21.5 Å². The molecule has 2 atom stereocenters. The van der Waals surface area contributed by atoms with Gasteiger partial charge in [-0.25, -0.2) is 9.97 Å². The first-order valence-corrected chi connectivity index (χ1v) is 4.93. The molecule has 6 heteroatoms. The van der Waals surface area contributed by atoms with Gasteiger partial charge in [0.25, 0.3) is 0 Å². The lowest BCUT2D eigenvalue weighted by Gasteiger charge is -2.23. The van der Waals surface area contributed by atoms with Gasteiger partial charge in [-0.05, 0) is 6.42 Å². The summed E-state index contributed by atoms with van der Waals surface area (Å²) in [6.45, 7) is 1.05. The Balaban J connectivity index is 2.22. The van der Waals surface area contributed by atoms with Crippen LogP contribution >= 0.6 is 0 Å². The molecule has 1 aromatic heterocycles. The van der Waals surface area contributed by atoms with Crippen LogP contribution in [-0.4, -0.2) is 40.3 Å². The molecule has 0 amide bonds. The van der Waals surface area contributed by atoms with Gasteiger partial charge in [0.2, 0.25) is 0 Å². The van der Waals surface area contributed by atoms with Crippen molar-refractivity contribution < 1.29 is 5.11 Å². The van der Waals surface area contributed by atoms with Gasteiger partial charge in [-0.1, -0.05) is 0 Å². The minimum absolute atomic E-state index is 0.134. The molecule has 1 aliphatic rings. The van der Waals surface area contributed by atoms with Crippen molar-refractivity contribution >= 4 is 11.6 Å². The summed E-state index contributed by atoms with van der Waals surface area (Å²) < 4.78 is 0. The minimum atomic E-state index is -0.338. The second-order valence-electron chi connectivity index (χ2n) is 3.73. The van der Waals surface area contributed by atoms with E-state index in [0.717, 1.165) is 5.82 Å². The molecule has 1 aromatic rings. The molecule has 6 nitrogen and oxygen atoms in total. The van der Waals surface area contributed by atoms with Crippen molar-refractivity contribution in [2.24, 2.45) is 5.73 Å². The third-order valence-electron chi connectivity index (χ3n) is 2.63. The van der Waals surface area contributed by atoms with E-state index >= 15 is 0 Å². The fourth-order valence-corrected chi connectivity index (χ4v) is 1.91. The van der Waals surface area contributed by atoms with E-state index in [4.69, 9.17) is 11.5 Å². The monoisotopic (exact) mass is 209 g/mol. The van der Waals surface area contributed by atoms with Crippen LogP contribution in [0.15, 0.2) is 12.4 Å². The smallest absolute Gasteiger partial charge is 0.134 e. The molecule has 82 valence electrons. The van der Waals surface area contributed by atoms with Crippen LogP contribution in [0.5, 0.6) is 0 Å². The molecule has 0 radical (unpaired) electrons. The van der Waals surface area contributed by atoms with Crippen molar-refractivity contribution in [2.45, 2.75) is 18.6 Å². The van der Waals surface area contributed by atoms with Crippen molar-refractivity contribution in [1.29, 1.82) is 0 Å². The van der Waals surface area contributed by atoms with Gasteiger partial charge in [0.15, 0.2) is 0 Å². The Bertz CT molecular complexity index is 345. The van der Waals surface area contributed by atoms with Gasteiger partial charge in [0.05, 0.1) is 6.10 Å². The molecule has 1 fully saturated rings. The van der Waals surface area contributed by atoms with Crippen LogP contribution in [0.4, 0.5) is 11.6 Å². The van der Waals surface area contributed by atoms with Gasteiger partial charge in [-0.15, -0.1) is 0 Å². The van der Waals surface area contributed by atoms with Crippen LogP contribution in [0.25, 0.3) is 0 Å². The van der Waals surface area contributed by atoms with E-state index in [1.165, 1.54) is 6.33 Å². The molecule has 15 heavy (non-hydrogen) atoms. The third kappa shape index (κ3) is 2.00. The number of aliphatic hydroxyl groups is 1. The number of hydrogen-bond acceptors (Lipinski definition) is 6. The average molecular weight is 209 g/mol. The van der Waals surface area contributed by atoms with Crippen molar-refractivity contribution in [1.82, 2.24) is 9.97 Å². The Hall–Kier alpha value is -1.40. The first-order chi connectivity index (χ1) is 7.20. The maximum absolute atomic E-state index is 9.56. The SMILES string of the molecule is NC[C@H]1C[C@@H](O)CN1c1cc(N)ncn1. The Morgan fingerprint density at radius 1 is 1.53 bits per heavy atom. The normalized spacial score (nSPS) is 25.9. The molecule has 0 unspecified atom stereocenters. The molecule has 0 spiro atoms. The Morgan fingerprint density at radius 3 is 3.00 bits per heavy atom. The van der Waals surface area contributed by atoms with E-state index in [2.05, 4.69) is 9.97 Å². The van der Waals surface area contributed by atoms with Crippen molar-refractivity contribution in [3.8, 4) is 0 Å². The summed E-state index contributed by atoms with van der Waals surface area (Å²) in [4.78, 5) is 9.92. The first kappa shape index (κ1) is 10.1. The zero-order valence-corrected chi connectivity index (χ0v) is 8.37. The molecule has 2 rings (SSSR count). The van der Waals surface area contributed by atoms with E-state index in [1.807, 2.05) is 4.90 Å². The van der Waals surface area contributed by atoms with E-state index < -0.39 is 0 Å². The molecule has 0 saturated carbocycles. The van der Waals surface area contributed by atoms with Gasteiger partial charge in [0.1, 0.15) is 18.0 Å². The zero-order valence-electron chi connectivity index (χ0n) is 8.37. The maximum atomic E-state index is 9.56. The van der Waals surface area contributed by atoms with Crippen LogP contribution in [0.3, 0.4) is 0 Å². The van der Waals surface area contributed by atoms with Gasteiger partial charge in [-0.3, -0.25) is 0 Å². The fraction of sp³-hybridized carbons (Fsp3) is 0.556. The first-order valence-electron chi connectivity index (χ1n) is 4.93. The number of β-amino-alcohol motifs (C(OH)–C–C–N with tert-alkyl or cyclic N) is 1. The predicted octanol–water partition coefficient (Wildman–Crippen LogP) is -1.04. The quantitative estimate of drug-likeness (QED) is 0.575. The molecule has 1 aliphatic heterocycles. The lowest BCUT2D eigenvalue weighted by molar-refractivity contribution is 0.194. The van der Waals surface area contributed by atoms with Gasteiger partial charge in [-0.2, -0.15) is 0 Å². The maximum Gasteiger partial charge on any atom is 0.134 e. The average Bonchev–Trinajstić information content (AvgIpc) is 2.59. The molecular formula is C9H15N5O. The topological polar surface area (TPSA) is 101 Å². The summed E-state index contributed by atoms with van der Waals surface area (Å²) >= 11 is 0. The van der Waals surface area contributed by atoms with Crippen molar-refractivity contribution in [2.75, 3.05) is 23.7 Å². The second-order valence-corrected chi connectivity index (χ2v) is 3.73. The molecular weight excluding hydrogens is 194 g/mol. The van der Waals surface area contributed by atoms with Crippen LogP contribution < -0.4 is 16.4 Å². The molecule has 0 aromatic carbocycles. The Morgan fingerprint density at radius 2 is 2.33 bits per heavy atom. The Kier molecular flexibility index (Phi) is 2.70. The highest BCUT2D eigenvalue weighted by atomic mass is 16.3. The summed E-state index contributed by atoms with van der Waals surface area (Å²) in [5, 5.41) is 9.56. The summed E-state index contributed by atoms with van der Waals surface area (Å²) in [7, 11) is 0. The summed E-state index contributed by atoms with van der Waals surface area (Å²) in [5.41, 5.74) is 11.2. The molecule has 1 saturated heterocycles. The lowest BCUT2D eigenvalue weighted by atomic mass is 10.2. The lowest BCUT2D eigenvalue weighted by Crippen LogP contribution is -2.36. The number of nitrogens with zero attached hydrogens (tertiary/aromatic N) is 3. The second kappa shape index (κ2) is 4.00. The molecule has 5 N–H and O–H groups in total. The van der Waals surface area contributed by atoms with Crippen molar-refractivity contribution in [3.63, 3.8) is 0 Å². The van der Waals surface area contributed by atoms with Crippen LogP contribution in [-0.2, 0) is 0 Å². The van der Waals surface area contributed by atoms with E-state index in [-0.39, 0.29) is 12.1 Å². The Labute approximate surface area is 87.9 Å². The largest absolute Gasteiger partial charge is 0.391 e. The molecule has 2 heterocycles. The number of nitrogens with two attached hydrogens (primary N) is 2. The highest BCUT2D eigenvalue weighted by molar-refractivity contribution is 5.48. The zero-order chi connectivity index (χ0) is 10.8. The highest BCUT2D eigenvalue weighted by Crippen LogP contribution is 2.23. The number of hydrogen-bond donors (Lipinski definition) is 3. The standard InChI is InChI=1S/C9H15N5O/c10-3-6-1-7(15)4-14(6)9-2-8(11)12-5-13-9/h2,5-7,15H,1,3-4,10H2,(H2,11,12,13)/t6-,7-/m1/s1. The predicted molar refractivity (Wildman–Crippen MR) is 57.3 cm³/mol. The number of aliphatic hydroxyl groups excluding tert-OH is 1. The van der Waals surface area contributed by atoms with Crippen LogP contribution in [0.1, 0.15) is 6.42 Å². The summed E-state index contributed by atoms with van der Waals surface area (Å²) in [6.07, 6.45) is 1.76. The van der Waals surface area contributed by atoms with Gasteiger partial charge >= 0.3 is 0 Å². The summed E-state index contributed by atoms with van der Waals surface area (Å²) in [5.74, 6) is 1.16. The minimum Gasteiger partial charge on any atom is -0.391 e. The van der Waals surface area contributed by atoms with Crippen LogP contribution in [0, 0.1) is 0 Å². The summed E-state index contributed by atoms with van der Waals surface area (Å²) in [6, 6.07) is 1.83. The van der Waals surface area contributed by atoms with E-state index in [1.54, 1.807) is 6.07 Å². The highest BCUT2D eigenvalue weighted by Gasteiger charge is 2.30. The fourth-order valence-electron chi connectivity index (χ4n) is 1.91.